The van der Waals surface area contributed by atoms with Crippen LogP contribution < -0.4 is 9.64 Å². The maximum atomic E-state index is 13.6. The third-order valence-electron chi connectivity index (χ3n) is 7.08. The number of amides is 1. The molecule has 2 heterocycles. The minimum absolute atomic E-state index is 0.0560. The fourth-order valence-corrected chi connectivity index (χ4v) is 6.19. The van der Waals surface area contributed by atoms with Crippen molar-refractivity contribution >= 4 is 44.1 Å². The van der Waals surface area contributed by atoms with Crippen LogP contribution in [0.3, 0.4) is 0 Å². The van der Waals surface area contributed by atoms with Crippen LogP contribution in [0.5, 0.6) is 5.75 Å². The molecular weight excluding hydrogens is 508 g/mol. The van der Waals surface area contributed by atoms with E-state index >= 15 is 0 Å². The first-order valence-corrected chi connectivity index (χ1v) is 14.0. The molecule has 1 aromatic heterocycles. The highest BCUT2D eigenvalue weighted by Crippen LogP contribution is 2.45. The van der Waals surface area contributed by atoms with Crippen LogP contribution in [0, 0.1) is 27.7 Å². The van der Waals surface area contributed by atoms with E-state index in [-0.39, 0.29) is 11.3 Å². The Bertz CT molecular complexity index is 1620. The zero-order valence-corrected chi connectivity index (χ0v) is 23.7. The van der Waals surface area contributed by atoms with Crippen molar-refractivity contribution in [3.8, 4) is 5.75 Å². The monoisotopic (exact) mass is 540 g/mol. The molecule has 200 valence electrons. The van der Waals surface area contributed by atoms with E-state index in [1.165, 1.54) is 16.2 Å². The van der Waals surface area contributed by atoms with Gasteiger partial charge in [0.2, 0.25) is 0 Å². The average Bonchev–Trinajstić information content (AvgIpc) is 3.44. The number of carbonyl (C=O) groups is 2. The Balaban J connectivity index is 1.68. The molecule has 1 aliphatic heterocycles. The minimum atomic E-state index is -0.837. The van der Waals surface area contributed by atoms with Gasteiger partial charge >= 0.3 is 5.91 Å². The number of hydrogen-bond acceptors (Lipinski definition) is 6. The van der Waals surface area contributed by atoms with E-state index in [0.717, 1.165) is 45.3 Å². The molecular formula is C32H32N2O4S. The van der Waals surface area contributed by atoms with Gasteiger partial charge < -0.3 is 9.84 Å². The number of carbonyl (C=O) groups excluding carboxylic acids is 2. The summed E-state index contributed by atoms with van der Waals surface area (Å²) in [5.41, 5.74) is 5.94. The third kappa shape index (κ3) is 4.94. The number of aliphatic hydroxyl groups is 1. The van der Waals surface area contributed by atoms with Crippen LogP contribution in [0.1, 0.15) is 59.2 Å². The summed E-state index contributed by atoms with van der Waals surface area (Å²) in [6, 6.07) is 16.3. The maximum Gasteiger partial charge on any atom is 0.301 e. The molecule has 0 spiro atoms. The lowest BCUT2D eigenvalue weighted by atomic mass is 9.93. The number of aliphatic hydroxyl groups excluding tert-OH is 1. The van der Waals surface area contributed by atoms with E-state index in [1.54, 1.807) is 0 Å². The Hall–Kier alpha value is -3.97. The first-order chi connectivity index (χ1) is 18.7. The van der Waals surface area contributed by atoms with Crippen molar-refractivity contribution in [1.82, 2.24) is 4.98 Å². The minimum Gasteiger partial charge on any atom is -0.507 e. The van der Waals surface area contributed by atoms with Gasteiger partial charge in [0, 0.05) is 5.56 Å². The number of aryl methyl sites for hydroxylation is 4. The summed E-state index contributed by atoms with van der Waals surface area (Å²) in [6.45, 7) is 10.5. The van der Waals surface area contributed by atoms with Gasteiger partial charge in [0.05, 0.1) is 28.4 Å². The predicted molar refractivity (Wildman–Crippen MR) is 157 cm³/mol. The number of aromatic nitrogens is 1. The van der Waals surface area contributed by atoms with Crippen molar-refractivity contribution in [2.75, 3.05) is 11.5 Å². The molecule has 5 rings (SSSR count). The summed E-state index contributed by atoms with van der Waals surface area (Å²) in [4.78, 5) is 33.5. The number of hydrogen-bond donors (Lipinski definition) is 1. The fraction of sp³-hybridized carbons (Fsp3) is 0.281. The van der Waals surface area contributed by atoms with E-state index < -0.39 is 17.7 Å². The van der Waals surface area contributed by atoms with Gasteiger partial charge in [0.15, 0.2) is 5.13 Å². The quantitative estimate of drug-likeness (QED) is 0.115. The normalized spacial score (nSPS) is 16.8. The van der Waals surface area contributed by atoms with Crippen LogP contribution >= 0.6 is 11.3 Å². The van der Waals surface area contributed by atoms with Crippen molar-refractivity contribution in [3.63, 3.8) is 0 Å². The highest BCUT2D eigenvalue weighted by atomic mass is 32.1. The molecule has 1 fully saturated rings. The summed E-state index contributed by atoms with van der Waals surface area (Å²) < 4.78 is 6.78. The number of fused-ring (bicyclic) bond motifs is 1. The van der Waals surface area contributed by atoms with Crippen LogP contribution in [0.25, 0.3) is 16.0 Å². The Labute approximate surface area is 232 Å². The molecule has 1 N–H and O–H groups in total. The molecule has 1 saturated heterocycles. The molecule has 0 bridgehead atoms. The zero-order chi connectivity index (χ0) is 27.8. The molecule has 4 aromatic rings. The molecule has 1 unspecified atom stereocenters. The topological polar surface area (TPSA) is 79.7 Å². The number of benzene rings is 3. The summed E-state index contributed by atoms with van der Waals surface area (Å²) >= 11 is 1.37. The number of rotatable bonds is 7. The van der Waals surface area contributed by atoms with Crippen LogP contribution in [0.15, 0.2) is 60.2 Å². The van der Waals surface area contributed by atoms with Crippen LogP contribution in [0.2, 0.25) is 0 Å². The molecule has 0 saturated carbocycles. The van der Waals surface area contributed by atoms with Gasteiger partial charge in [0.25, 0.3) is 5.78 Å². The summed E-state index contributed by atoms with van der Waals surface area (Å²) in [5, 5.41) is 12.0. The molecule has 39 heavy (non-hydrogen) atoms. The largest absolute Gasteiger partial charge is 0.507 e. The number of unbranched alkanes of at least 4 members (excludes halogenated alkanes) is 1. The van der Waals surface area contributed by atoms with Crippen molar-refractivity contribution in [2.24, 2.45) is 0 Å². The molecule has 1 aliphatic rings. The number of anilines is 1. The number of ether oxygens (including phenoxy) is 1. The number of Topliss-reactive ketones (excluding diaryl/α,β-unsaturated/α-hetero) is 1. The average molecular weight is 541 g/mol. The van der Waals surface area contributed by atoms with Gasteiger partial charge in [-0.15, -0.1) is 0 Å². The first-order valence-electron chi connectivity index (χ1n) is 13.2. The number of ketones is 1. The second kappa shape index (κ2) is 10.7. The summed E-state index contributed by atoms with van der Waals surface area (Å²) in [7, 11) is 0. The van der Waals surface area contributed by atoms with Crippen molar-refractivity contribution in [3.05, 3.63) is 93.6 Å². The second-order valence-electron chi connectivity index (χ2n) is 10.2. The highest BCUT2D eigenvalue weighted by Gasteiger charge is 2.48. The number of thiazole rings is 1. The van der Waals surface area contributed by atoms with Crippen molar-refractivity contribution < 1.29 is 19.4 Å². The third-order valence-corrected chi connectivity index (χ3v) is 8.08. The lowest BCUT2D eigenvalue weighted by Gasteiger charge is -2.23. The van der Waals surface area contributed by atoms with Gasteiger partial charge in [-0.2, -0.15) is 0 Å². The first kappa shape index (κ1) is 26.6. The number of nitrogens with zero attached hydrogens (tertiary/aromatic N) is 2. The Morgan fingerprint density at radius 1 is 0.974 bits per heavy atom. The van der Waals surface area contributed by atoms with Gasteiger partial charge in [-0.25, -0.2) is 4.98 Å². The standard InChI is InChI=1S/C32H32N2O4S/c1-6-7-14-38-23-12-10-22(11-13-23)28-26(29(35)24-16-18(2)8-9-20(24)4)30(36)31(37)34(28)32-33-27-21(5)15-19(3)17-25(27)39-32/h8-13,15-17,28,35H,6-7,14H2,1-5H3/b29-26+. The van der Waals surface area contributed by atoms with Crippen molar-refractivity contribution in [2.45, 2.75) is 53.5 Å². The second-order valence-corrected chi connectivity index (χ2v) is 11.2. The molecule has 3 aromatic carbocycles. The van der Waals surface area contributed by atoms with E-state index in [9.17, 15) is 14.7 Å². The highest BCUT2D eigenvalue weighted by molar-refractivity contribution is 7.22. The molecule has 0 aliphatic carbocycles. The molecule has 1 atom stereocenters. The fourth-order valence-electron chi connectivity index (χ4n) is 5.02. The molecule has 0 radical (unpaired) electrons. The van der Waals surface area contributed by atoms with Crippen LogP contribution in [-0.4, -0.2) is 28.4 Å². The SMILES string of the molecule is CCCCOc1ccc(C2/C(=C(\O)c3cc(C)ccc3C)C(=O)C(=O)N2c2nc3c(C)cc(C)cc3s2)cc1. The summed E-state index contributed by atoms with van der Waals surface area (Å²) in [6.07, 6.45) is 1.99. The van der Waals surface area contributed by atoms with Crippen LogP contribution in [-0.2, 0) is 9.59 Å². The van der Waals surface area contributed by atoms with E-state index in [1.807, 2.05) is 76.2 Å². The van der Waals surface area contributed by atoms with E-state index in [4.69, 9.17) is 9.72 Å². The van der Waals surface area contributed by atoms with Crippen molar-refractivity contribution in [1.29, 1.82) is 0 Å². The Morgan fingerprint density at radius 2 is 1.72 bits per heavy atom. The van der Waals surface area contributed by atoms with Gasteiger partial charge in [-0.1, -0.05) is 60.6 Å². The Morgan fingerprint density at radius 3 is 2.44 bits per heavy atom. The van der Waals surface area contributed by atoms with E-state index in [0.29, 0.717) is 28.6 Å². The smallest absolute Gasteiger partial charge is 0.301 e. The van der Waals surface area contributed by atoms with Gasteiger partial charge in [-0.3, -0.25) is 14.5 Å². The maximum absolute atomic E-state index is 13.6. The van der Waals surface area contributed by atoms with Crippen LogP contribution in [0.4, 0.5) is 5.13 Å². The zero-order valence-electron chi connectivity index (χ0n) is 22.9. The Kier molecular flexibility index (Phi) is 7.28. The molecule has 1 amide bonds. The lowest BCUT2D eigenvalue weighted by molar-refractivity contribution is -0.132. The molecule has 7 heteroatoms. The lowest BCUT2D eigenvalue weighted by Crippen LogP contribution is -2.29. The van der Waals surface area contributed by atoms with Gasteiger partial charge in [0.1, 0.15) is 11.5 Å². The van der Waals surface area contributed by atoms with Gasteiger partial charge in [-0.05, 0) is 80.6 Å². The molecule has 6 nitrogen and oxygen atoms in total. The predicted octanol–water partition coefficient (Wildman–Crippen LogP) is 7.34. The summed E-state index contributed by atoms with van der Waals surface area (Å²) in [5.74, 6) is -0.902. The van der Waals surface area contributed by atoms with E-state index in [2.05, 4.69) is 13.0 Å².